The van der Waals surface area contributed by atoms with E-state index in [0.717, 1.165) is 25.5 Å². The van der Waals surface area contributed by atoms with Crippen LogP contribution in [0.25, 0.3) is 39.0 Å². The number of pyridine rings is 1. The zero-order valence-corrected chi connectivity index (χ0v) is 29.7. The Morgan fingerprint density at radius 1 is 1.17 bits per heavy atom. The van der Waals surface area contributed by atoms with Crippen molar-refractivity contribution in [3.05, 3.63) is 83.6 Å². The molecule has 0 spiro atoms. The number of carbonyl (C=O) groups is 1. The van der Waals surface area contributed by atoms with E-state index < -0.39 is 41.1 Å². The van der Waals surface area contributed by atoms with Crippen molar-refractivity contribution in [3.63, 3.8) is 0 Å². The van der Waals surface area contributed by atoms with E-state index in [1.807, 2.05) is 14.0 Å². The summed E-state index contributed by atoms with van der Waals surface area (Å²) in [7, 11) is 1.84. The van der Waals surface area contributed by atoms with Crippen LogP contribution in [0.4, 0.5) is 23.4 Å². The van der Waals surface area contributed by atoms with E-state index in [4.69, 9.17) is 16.1 Å². The molecule has 2 aromatic carbocycles. The summed E-state index contributed by atoms with van der Waals surface area (Å²) in [6.45, 7) is 3.31. The van der Waals surface area contributed by atoms with Gasteiger partial charge in [0.25, 0.3) is 5.91 Å². The van der Waals surface area contributed by atoms with Gasteiger partial charge in [-0.2, -0.15) is 15.2 Å². The lowest BCUT2D eigenvalue weighted by molar-refractivity contribution is -0.841. The van der Waals surface area contributed by atoms with Crippen LogP contribution < -0.4 is 9.64 Å². The zero-order valence-electron chi connectivity index (χ0n) is 29.7. The molecule has 54 heavy (non-hydrogen) atoms. The Morgan fingerprint density at radius 3 is 2.81 bits per heavy atom. The van der Waals surface area contributed by atoms with E-state index in [9.17, 15) is 13.6 Å². The number of terminal acetylenes is 1. The van der Waals surface area contributed by atoms with Crippen LogP contribution >= 0.6 is 0 Å². The van der Waals surface area contributed by atoms with E-state index in [0.29, 0.717) is 51.8 Å². The number of quaternary nitrogens is 1. The van der Waals surface area contributed by atoms with Gasteiger partial charge in [-0.1, -0.05) is 30.2 Å². The number of likely N-dealkylation sites (tertiary alicyclic amines) is 1. The number of fused-ring (bicyclic) bond motifs is 3. The highest BCUT2D eigenvalue weighted by molar-refractivity contribution is 6.01. The van der Waals surface area contributed by atoms with Gasteiger partial charge in [-0.05, 0) is 49.9 Å². The second kappa shape index (κ2) is 14.0. The topological polar surface area (TPSA) is 102 Å². The van der Waals surface area contributed by atoms with Crippen LogP contribution in [0.15, 0.2) is 60.7 Å². The fourth-order valence-electron chi connectivity index (χ4n) is 8.63. The maximum Gasteiger partial charge on any atom is 0.322 e. The lowest BCUT2D eigenvalue weighted by Crippen LogP contribution is -3.09. The van der Waals surface area contributed by atoms with Crippen LogP contribution in [0.5, 0.6) is 6.01 Å². The first-order chi connectivity index (χ1) is 26.1. The highest BCUT2D eigenvalue weighted by atomic mass is 19.1. The SMILES string of the molecule is C#Cc1c(F)ccc2cccc(-c3ncc4c([NH+](C)C5CCN(C(=O)/C(F)=C/c6cccnn6)[C@H]5C)nc(OC[C@@]56CCCN5C[C@H](F)C6)nc4c3F)c12. The summed E-state index contributed by atoms with van der Waals surface area (Å²) in [6, 6.07) is 10.2. The van der Waals surface area contributed by atoms with Gasteiger partial charge in [0.15, 0.2) is 11.6 Å². The summed E-state index contributed by atoms with van der Waals surface area (Å²) in [5, 5.41) is 8.81. The Labute approximate surface area is 308 Å². The first-order valence-corrected chi connectivity index (χ1v) is 17.9. The molecule has 0 aliphatic carbocycles. The molecule has 3 aliphatic rings. The Bertz CT molecular complexity index is 2350. The van der Waals surface area contributed by atoms with Crippen molar-refractivity contribution < 1.29 is 32.0 Å². The monoisotopic (exact) mass is 737 g/mol. The highest BCUT2D eigenvalue weighted by Gasteiger charge is 2.49. The van der Waals surface area contributed by atoms with Crippen molar-refractivity contribution in [1.82, 2.24) is 34.9 Å². The maximum absolute atomic E-state index is 17.0. The molecule has 10 nitrogen and oxygen atoms in total. The van der Waals surface area contributed by atoms with E-state index in [1.54, 1.807) is 36.4 Å². The Hall–Kier alpha value is -5.52. The molecule has 0 saturated carbocycles. The molecule has 2 unspecified atom stereocenters. The predicted molar refractivity (Wildman–Crippen MR) is 194 cm³/mol. The maximum atomic E-state index is 17.0. The molecule has 5 atom stereocenters. The third-order valence-electron chi connectivity index (χ3n) is 11.3. The van der Waals surface area contributed by atoms with Gasteiger partial charge in [-0.15, -0.1) is 11.4 Å². The summed E-state index contributed by atoms with van der Waals surface area (Å²) < 4.78 is 68.0. The molecule has 0 radical (unpaired) electrons. The molecule has 0 bridgehead atoms. The number of benzene rings is 2. The molecule has 3 aromatic heterocycles. The number of hydrogen-bond donors (Lipinski definition) is 1. The number of alkyl halides is 1. The normalized spacial score (nSPS) is 23.5. The number of ether oxygens (including phenoxy) is 1. The van der Waals surface area contributed by atoms with Crippen molar-refractivity contribution in [2.24, 2.45) is 0 Å². The largest absolute Gasteiger partial charge is 0.461 e. The average molecular weight is 738 g/mol. The quantitative estimate of drug-likeness (QED) is 0.135. The second-order valence-corrected chi connectivity index (χ2v) is 14.3. The molecule has 6 heterocycles. The standard InChI is InChI=1S/C40H36F4N8O2/c1-4-27-30(42)12-11-24-8-5-10-28(33(24)27)35-34(44)36-29(20-45-35)37(48-39(47-36)54-22-40-14-7-16-51(40)21-25(41)19-40)50(3)32-13-17-52(23(32)2)38(53)31(43)18-26-9-6-15-46-49-26/h1,5-6,8-12,15,18,20,23,25,32H,7,13-14,16-17,19,21-22H2,2-3H3/p+1/b31-18-/t23-,25+,32?,40-/m0/s1. The number of carbonyl (C=O) groups excluding carboxylic acids is 1. The van der Waals surface area contributed by atoms with Gasteiger partial charge in [-0.25, -0.2) is 17.6 Å². The third-order valence-corrected chi connectivity index (χ3v) is 11.3. The molecule has 3 fully saturated rings. The van der Waals surface area contributed by atoms with Gasteiger partial charge in [0.1, 0.15) is 41.2 Å². The summed E-state index contributed by atoms with van der Waals surface area (Å²) >= 11 is 0. The number of amides is 1. The molecular weight excluding hydrogens is 700 g/mol. The van der Waals surface area contributed by atoms with Crippen molar-refractivity contribution in [2.45, 2.75) is 56.4 Å². The smallest absolute Gasteiger partial charge is 0.322 e. The van der Waals surface area contributed by atoms with Gasteiger partial charge in [0, 0.05) is 55.4 Å². The van der Waals surface area contributed by atoms with Crippen molar-refractivity contribution in [2.75, 3.05) is 33.3 Å². The minimum atomic E-state index is -0.975. The predicted octanol–water partition coefficient (Wildman–Crippen LogP) is 5.00. The fraction of sp³-hybridized carbons (Fsp3) is 0.350. The average Bonchev–Trinajstić information content (AvgIpc) is 3.85. The number of rotatable bonds is 8. The van der Waals surface area contributed by atoms with Gasteiger partial charge in [-0.3, -0.25) is 19.6 Å². The van der Waals surface area contributed by atoms with Crippen LogP contribution in [0.1, 0.15) is 43.9 Å². The molecule has 1 N–H and O–H groups in total. The van der Waals surface area contributed by atoms with Gasteiger partial charge >= 0.3 is 6.01 Å². The second-order valence-electron chi connectivity index (χ2n) is 14.3. The Morgan fingerprint density at radius 2 is 2.02 bits per heavy atom. The van der Waals surface area contributed by atoms with Gasteiger partial charge in [0.2, 0.25) is 5.82 Å². The highest BCUT2D eigenvalue weighted by Crippen LogP contribution is 2.41. The number of hydrogen-bond acceptors (Lipinski definition) is 8. The van der Waals surface area contributed by atoms with Crippen LogP contribution in [-0.2, 0) is 4.79 Å². The third kappa shape index (κ3) is 6.11. The van der Waals surface area contributed by atoms with E-state index >= 15 is 8.78 Å². The lowest BCUT2D eigenvalue weighted by atomic mass is 9.95. The zero-order chi connectivity index (χ0) is 37.7. The molecule has 1 amide bonds. The molecule has 276 valence electrons. The summed E-state index contributed by atoms with van der Waals surface area (Å²) in [4.78, 5) is 31.4. The fourth-order valence-corrected chi connectivity index (χ4v) is 8.63. The molecule has 3 aliphatic heterocycles. The lowest BCUT2D eigenvalue weighted by Gasteiger charge is -2.31. The molecule has 5 aromatic rings. The van der Waals surface area contributed by atoms with Gasteiger partial charge < -0.3 is 9.64 Å². The molecule has 3 saturated heterocycles. The van der Waals surface area contributed by atoms with Crippen LogP contribution in [0.2, 0.25) is 0 Å². The molecule has 8 rings (SSSR count). The summed E-state index contributed by atoms with van der Waals surface area (Å²) in [6.07, 6.45) is 11.2. The van der Waals surface area contributed by atoms with Crippen LogP contribution in [0.3, 0.4) is 0 Å². The van der Waals surface area contributed by atoms with Crippen molar-refractivity contribution >= 4 is 39.5 Å². The minimum Gasteiger partial charge on any atom is -0.461 e. The Kier molecular flexibility index (Phi) is 9.23. The summed E-state index contributed by atoms with van der Waals surface area (Å²) in [5.74, 6) is -0.385. The first-order valence-electron chi connectivity index (χ1n) is 17.9. The number of nitrogens with zero attached hydrogens (tertiary/aromatic N) is 7. The van der Waals surface area contributed by atoms with Gasteiger partial charge in [0.05, 0.1) is 29.9 Å². The molecule has 14 heteroatoms. The Balaban J connectivity index is 1.19. The van der Waals surface area contributed by atoms with Crippen LogP contribution in [-0.4, -0.2) is 97.9 Å². The first kappa shape index (κ1) is 35.5. The number of likely N-dealkylation sites (N-methyl/N-ethyl adjacent to an activating group) is 1. The number of halogens is 4. The van der Waals surface area contributed by atoms with Crippen LogP contribution in [0, 0.1) is 24.0 Å². The van der Waals surface area contributed by atoms with Crippen molar-refractivity contribution in [3.8, 4) is 29.6 Å². The van der Waals surface area contributed by atoms with E-state index in [2.05, 4.69) is 31.0 Å². The molecular formula is C40H37F4N8O2+. The number of nitrogens with one attached hydrogen (secondary N) is 1. The summed E-state index contributed by atoms with van der Waals surface area (Å²) in [5.41, 5.74) is -0.188. The van der Waals surface area contributed by atoms with Crippen molar-refractivity contribution in [1.29, 1.82) is 0 Å². The number of aromatic nitrogens is 5. The minimum absolute atomic E-state index is 0.0126. The van der Waals surface area contributed by atoms with E-state index in [-0.39, 0.29) is 47.7 Å². The van der Waals surface area contributed by atoms with E-state index in [1.165, 1.54) is 23.4 Å².